The van der Waals surface area contributed by atoms with Gasteiger partial charge in [-0.1, -0.05) is 51.9 Å². The number of ether oxygens (including phenoxy) is 1. The van der Waals surface area contributed by atoms with Crippen LogP contribution in [0.25, 0.3) is 0 Å². The lowest BCUT2D eigenvalue weighted by Crippen LogP contribution is -2.22. The standard InChI is InChI=1S/C12H25O5P/c1-3-4-5-6-7-8-9-10-11(12(13)17-2)18(14,15)16/h11H,3-10H2,1-2H3,(H2,14,15,16). The minimum absolute atomic E-state index is 0.199. The molecule has 0 aliphatic heterocycles. The van der Waals surface area contributed by atoms with Crippen molar-refractivity contribution < 1.29 is 23.9 Å². The number of carbonyl (C=O) groups excluding carboxylic acids is 1. The van der Waals surface area contributed by atoms with Crippen molar-refractivity contribution in [2.75, 3.05) is 7.11 Å². The van der Waals surface area contributed by atoms with Crippen molar-refractivity contribution in [2.24, 2.45) is 0 Å². The summed E-state index contributed by atoms with van der Waals surface area (Å²) in [7, 11) is -3.24. The lowest BCUT2D eigenvalue weighted by molar-refractivity contribution is -0.140. The SMILES string of the molecule is CCCCCCCCCC(C(=O)OC)P(=O)(O)O. The van der Waals surface area contributed by atoms with Gasteiger partial charge >= 0.3 is 13.6 Å². The topological polar surface area (TPSA) is 83.8 Å². The predicted octanol–water partition coefficient (Wildman–Crippen LogP) is 2.85. The summed E-state index contributed by atoms with van der Waals surface area (Å²) in [6.45, 7) is 2.15. The summed E-state index contributed by atoms with van der Waals surface area (Å²) in [5.74, 6) is -0.811. The first-order valence-corrected chi connectivity index (χ1v) is 8.24. The van der Waals surface area contributed by atoms with Crippen molar-refractivity contribution in [1.29, 1.82) is 0 Å². The Labute approximate surface area is 109 Å². The second-order valence-corrected chi connectivity index (χ2v) is 6.34. The number of methoxy groups -OCH3 is 1. The molecule has 5 nitrogen and oxygen atoms in total. The van der Waals surface area contributed by atoms with Crippen molar-refractivity contribution in [2.45, 2.75) is 63.9 Å². The van der Waals surface area contributed by atoms with Crippen LogP contribution in [-0.4, -0.2) is 28.5 Å². The second kappa shape index (κ2) is 9.54. The Kier molecular flexibility index (Phi) is 9.34. The zero-order valence-corrected chi connectivity index (χ0v) is 12.2. The van der Waals surface area contributed by atoms with Gasteiger partial charge in [0.1, 0.15) is 0 Å². The van der Waals surface area contributed by atoms with Gasteiger partial charge < -0.3 is 14.5 Å². The Morgan fingerprint density at radius 1 is 1.11 bits per heavy atom. The minimum atomic E-state index is -4.39. The minimum Gasteiger partial charge on any atom is -0.468 e. The van der Waals surface area contributed by atoms with E-state index in [0.717, 1.165) is 26.4 Å². The highest BCUT2D eigenvalue weighted by atomic mass is 31.2. The molecule has 108 valence electrons. The van der Waals surface area contributed by atoms with Crippen LogP contribution < -0.4 is 0 Å². The van der Waals surface area contributed by atoms with E-state index in [1.807, 2.05) is 0 Å². The molecule has 0 amide bonds. The van der Waals surface area contributed by atoms with Crippen molar-refractivity contribution >= 4 is 13.6 Å². The van der Waals surface area contributed by atoms with E-state index < -0.39 is 19.2 Å². The second-order valence-electron chi connectivity index (χ2n) is 4.54. The molecule has 0 saturated carbocycles. The molecule has 0 aromatic carbocycles. The maximum absolute atomic E-state index is 11.2. The zero-order valence-electron chi connectivity index (χ0n) is 11.3. The van der Waals surface area contributed by atoms with Gasteiger partial charge in [0, 0.05) is 0 Å². The van der Waals surface area contributed by atoms with Gasteiger partial charge in [-0.3, -0.25) is 9.36 Å². The molecular weight excluding hydrogens is 255 g/mol. The van der Waals surface area contributed by atoms with E-state index in [1.165, 1.54) is 19.3 Å². The van der Waals surface area contributed by atoms with E-state index in [-0.39, 0.29) is 6.42 Å². The van der Waals surface area contributed by atoms with Crippen molar-refractivity contribution in [3.05, 3.63) is 0 Å². The van der Waals surface area contributed by atoms with Crippen LogP contribution in [-0.2, 0) is 14.1 Å². The molecule has 1 unspecified atom stereocenters. The molecule has 2 N–H and O–H groups in total. The van der Waals surface area contributed by atoms with Crippen molar-refractivity contribution in [1.82, 2.24) is 0 Å². The fourth-order valence-electron chi connectivity index (χ4n) is 1.85. The van der Waals surface area contributed by atoms with Gasteiger partial charge in [0.2, 0.25) is 0 Å². The van der Waals surface area contributed by atoms with E-state index in [9.17, 15) is 9.36 Å². The first kappa shape index (κ1) is 17.6. The fraction of sp³-hybridized carbons (Fsp3) is 0.917. The third-order valence-corrected chi connectivity index (χ3v) is 4.24. The molecule has 0 aliphatic rings. The van der Waals surface area contributed by atoms with Crippen LogP contribution in [0.4, 0.5) is 0 Å². The number of rotatable bonds is 10. The zero-order chi connectivity index (χ0) is 14.0. The van der Waals surface area contributed by atoms with E-state index in [2.05, 4.69) is 11.7 Å². The Bertz CT molecular complexity index is 274. The molecule has 0 aromatic rings. The van der Waals surface area contributed by atoms with Crippen LogP contribution in [0.3, 0.4) is 0 Å². The number of unbranched alkanes of at least 4 members (excludes halogenated alkanes) is 6. The summed E-state index contributed by atoms with van der Waals surface area (Å²) >= 11 is 0. The summed E-state index contributed by atoms with van der Waals surface area (Å²) in [4.78, 5) is 29.4. The average Bonchev–Trinajstić information content (AvgIpc) is 2.30. The van der Waals surface area contributed by atoms with Crippen LogP contribution in [0.1, 0.15) is 58.3 Å². The Morgan fingerprint density at radius 2 is 1.61 bits per heavy atom. The largest absolute Gasteiger partial charge is 0.468 e. The van der Waals surface area contributed by atoms with E-state index in [0.29, 0.717) is 6.42 Å². The van der Waals surface area contributed by atoms with Crippen LogP contribution in [0, 0.1) is 0 Å². The lowest BCUT2D eigenvalue weighted by atomic mass is 10.1. The molecule has 0 spiro atoms. The highest BCUT2D eigenvalue weighted by Gasteiger charge is 2.35. The third-order valence-electron chi connectivity index (χ3n) is 2.96. The highest BCUT2D eigenvalue weighted by molar-refractivity contribution is 7.53. The Morgan fingerprint density at radius 3 is 2.06 bits per heavy atom. The predicted molar refractivity (Wildman–Crippen MR) is 70.5 cm³/mol. The molecule has 18 heavy (non-hydrogen) atoms. The smallest absolute Gasteiger partial charge is 0.339 e. The molecule has 0 bridgehead atoms. The molecule has 0 heterocycles. The molecule has 0 rings (SSSR count). The van der Waals surface area contributed by atoms with Crippen LogP contribution in [0.2, 0.25) is 0 Å². The maximum Gasteiger partial charge on any atom is 0.339 e. The molecule has 0 radical (unpaired) electrons. The van der Waals surface area contributed by atoms with Crippen molar-refractivity contribution in [3.8, 4) is 0 Å². The number of carbonyl (C=O) groups is 1. The first-order valence-electron chi connectivity index (χ1n) is 6.56. The molecule has 0 aromatic heterocycles. The number of esters is 1. The molecule has 0 fully saturated rings. The van der Waals surface area contributed by atoms with Gasteiger partial charge in [-0.2, -0.15) is 0 Å². The van der Waals surface area contributed by atoms with E-state index in [1.54, 1.807) is 0 Å². The highest BCUT2D eigenvalue weighted by Crippen LogP contribution is 2.44. The van der Waals surface area contributed by atoms with Crippen LogP contribution >= 0.6 is 7.60 Å². The van der Waals surface area contributed by atoms with E-state index >= 15 is 0 Å². The quantitative estimate of drug-likeness (QED) is 0.365. The molecule has 1 atom stereocenters. The van der Waals surface area contributed by atoms with Gasteiger partial charge in [-0.25, -0.2) is 0 Å². The third kappa shape index (κ3) is 7.85. The van der Waals surface area contributed by atoms with Crippen LogP contribution in [0.15, 0.2) is 0 Å². The van der Waals surface area contributed by atoms with Crippen molar-refractivity contribution in [3.63, 3.8) is 0 Å². The number of hydrogen-bond donors (Lipinski definition) is 2. The van der Waals surface area contributed by atoms with Crippen LogP contribution in [0.5, 0.6) is 0 Å². The summed E-state index contributed by atoms with van der Waals surface area (Å²) in [6, 6.07) is 0. The van der Waals surface area contributed by atoms with Gasteiger partial charge in [0.15, 0.2) is 5.66 Å². The summed E-state index contributed by atoms with van der Waals surface area (Å²) < 4.78 is 15.5. The Hall–Kier alpha value is -0.380. The molecule has 6 heteroatoms. The van der Waals surface area contributed by atoms with Gasteiger partial charge in [-0.15, -0.1) is 0 Å². The van der Waals surface area contributed by atoms with E-state index in [4.69, 9.17) is 9.79 Å². The average molecular weight is 280 g/mol. The van der Waals surface area contributed by atoms with Gasteiger partial charge in [0.05, 0.1) is 7.11 Å². The monoisotopic (exact) mass is 280 g/mol. The van der Waals surface area contributed by atoms with Gasteiger partial charge in [-0.05, 0) is 6.42 Å². The summed E-state index contributed by atoms with van der Waals surface area (Å²) in [5, 5.41) is 0. The maximum atomic E-state index is 11.2. The lowest BCUT2D eigenvalue weighted by Gasteiger charge is -2.15. The summed E-state index contributed by atoms with van der Waals surface area (Å²) in [6.07, 6.45) is 7.58. The number of hydrogen-bond acceptors (Lipinski definition) is 3. The van der Waals surface area contributed by atoms with Gasteiger partial charge in [0.25, 0.3) is 0 Å². The first-order chi connectivity index (χ1) is 8.43. The molecular formula is C12H25O5P. The normalized spacial score (nSPS) is 13.3. The molecule has 0 saturated heterocycles. The Balaban J connectivity index is 3.85. The fourth-order valence-corrected chi connectivity index (χ4v) is 2.75. The molecule has 0 aliphatic carbocycles. The summed E-state index contributed by atoms with van der Waals surface area (Å²) in [5.41, 5.74) is -1.29.